The van der Waals surface area contributed by atoms with E-state index in [9.17, 15) is 8.42 Å². The first-order chi connectivity index (χ1) is 13.3. The van der Waals surface area contributed by atoms with Gasteiger partial charge in [-0.15, -0.1) is 0 Å². The molecule has 158 valence electrons. The minimum absolute atomic E-state index is 0.248. The fourth-order valence-corrected chi connectivity index (χ4v) is 5.15. The zero-order valence-corrected chi connectivity index (χ0v) is 17.9. The van der Waals surface area contributed by atoms with Gasteiger partial charge in [0.2, 0.25) is 0 Å². The highest BCUT2D eigenvalue weighted by Crippen LogP contribution is 2.50. The van der Waals surface area contributed by atoms with E-state index in [1.807, 2.05) is 51.1 Å². The van der Waals surface area contributed by atoms with Crippen LogP contribution in [-0.2, 0) is 35.1 Å². The molecule has 28 heavy (non-hydrogen) atoms. The van der Waals surface area contributed by atoms with Crippen LogP contribution in [0, 0.1) is 0 Å². The van der Waals surface area contributed by atoms with Crippen molar-refractivity contribution in [1.82, 2.24) is 0 Å². The first-order valence-electron chi connectivity index (χ1n) is 10.1. The van der Waals surface area contributed by atoms with Gasteiger partial charge in [0.05, 0.1) is 25.9 Å². The summed E-state index contributed by atoms with van der Waals surface area (Å²) in [5.74, 6) is -0.756. The number of benzene rings is 1. The first-order valence-corrected chi connectivity index (χ1v) is 11.5. The summed E-state index contributed by atoms with van der Waals surface area (Å²) < 4.78 is 47.7. The van der Waals surface area contributed by atoms with Crippen molar-refractivity contribution in [2.75, 3.05) is 13.2 Å². The summed E-state index contributed by atoms with van der Waals surface area (Å²) in [5, 5.41) is 0. The summed E-state index contributed by atoms with van der Waals surface area (Å²) in [4.78, 5) is 0. The predicted molar refractivity (Wildman–Crippen MR) is 106 cm³/mol. The van der Waals surface area contributed by atoms with Crippen LogP contribution in [0.4, 0.5) is 0 Å². The van der Waals surface area contributed by atoms with Gasteiger partial charge in [-0.25, -0.2) is 0 Å². The maximum absolute atomic E-state index is 12.7. The van der Waals surface area contributed by atoms with E-state index >= 15 is 0 Å². The predicted octanol–water partition coefficient (Wildman–Crippen LogP) is 3.79. The molecule has 1 saturated heterocycles. The molecule has 1 heterocycles. The number of rotatable bonds is 11. The molecule has 0 radical (unpaired) electrons. The van der Waals surface area contributed by atoms with E-state index in [-0.39, 0.29) is 18.8 Å². The molecule has 7 heteroatoms. The molecular weight excluding hydrogens is 380 g/mol. The monoisotopic (exact) mass is 412 g/mol. The lowest BCUT2D eigenvalue weighted by atomic mass is 10.1. The Morgan fingerprint density at radius 1 is 1.11 bits per heavy atom. The lowest BCUT2D eigenvalue weighted by Crippen LogP contribution is -2.36. The van der Waals surface area contributed by atoms with Crippen LogP contribution >= 0.6 is 0 Å². The third-order valence-electron chi connectivity index (χ3n) is 5.33. The van der Waals surface area contributed by atoms with Gasteiger partial charge in [-0.1, -0.05) is 43.7 Å². The van der Waals surface area contributed by atoms with Gasteiger partial charge in [0, 0.05) is 0 Å². The Hall–Kier alpha value is -0.990. The van der Waals surface area contributed by atoms with E-state index < -0.39 is 20.7 Å². The van der Waals surface area contributed by atoms with Gasteiger partial charge < -0.3 is 14.2 Å². The second-order valence-electron chi connectivity index (χ2n) is 8.23. The quantitative estimate of drug-likeness (QED) is 0.407. The van der Waals surface area contributed by atoms with Crippen molar-refractivity contribution in [2.24, 2.45) is 0 Å². The molecule has 0 unspecified atom stereocenters. The SMILES string of the molecule is CCCCOS(=O)(=O)C1(C[C@H]2OC(C)(C)O[C@H]2COCc2ccccc2)CC1. The molecule has 1 aliphatic carbocycles. The Balaban J connectivity index is 1.59. The van der Waals surface area contributed by atoms with Gasteiger partial charge in [0.25, 0.3) is 10.1 Å². The Bertz CT molecular complexity index is 727. The molecule has 2 fully saturated rings. The Morgan fingerprint density at radius 2 is 1.79 bits per heavy atom. The highest BCUT2D eigenvalue weighted by Gasteiger charge is 2.59. The summed E-state index contributed by atoms with van der Waals surface area (Å²) in [6.45, 7) is 6.80. The molecule has 3 rings (SSSR count). The maximum atomic E-state index is 12.7. The van der Waals surface area contributed by atoms with E-state index in [0.29, 0.717) is 32.5 Å². The van der Waals surface area contributed by atoms with E-state index in [4.69, 9.17) is 18.4 Å². The molecule has 0 N–H and O–H groups in total. The average Bonchev–Trinajstić information content (AvgIpc) is 3.36. The van der Waals surface area contributed by atoms with E-state index in [1.165, 1.54) is 0 Å². The molecule has 0 amide bonds. The summed E-state index contributed by atoms with van der Waals surface area (Å²) >= 11 is 0. The fourth-order valence-electron chi connectivity index (χ4n) is 3.59. The van der Waals surface area contributed by atoms with Gasteiger partial charge in [0.1, 0.15) is 10.9 Å². The largest absolute Gasteiger partial charge is 0.374 e. The van der Waals surface area contributed by atoms with Gasteiger partial charge in [-0.2, -0.15) is 8.42 Å². The molecule has 1 aromatic rings. The van der Waals surface area contributed by atoms with E-state index in [1.54, 1.807) is 0 Å². The smallest absolute Gasteiger partial charge is 0.273 e. The molecule has 0 bridgehead atoms. The third-order valence-corrected chi connectivity index (χ3v) is 7.44. The highest BCUT2D eigenvalue weighted by molar-refractivity contribution is 7.88. The number of ether oxygens (including phenoxy) is 3. The van der Waals surface area contributed by atoms with Gasteiger partial charge in [-0.3, -0.25) is 4.18 Å². The van der Waals surface area contributed by atoms with Crippen LogP contribution in [0.1, 0.15) is 58.4 Å². The lowest BCUT2D eigenvalue weighted by molar-refractivity contribution is -0.151. The topological polar surface area (TPSA) is 71.1 Å². The van der Waals surface area contributed by atoms with Crippen molar-refractivity contribution in [1.29, 1.82) is 0 Å². The minimum Gasteiger partial charge on any atom is -0.374 e. The van der Waals surface area contributed by atoms with Crippen molar-refractivity contribution in [3.63, 3.8) is 0 Å². The number of unbranched alkanes of at least 4 members (excludes halogenated alkanes) is 1. The summed E-state index contributed by atoms with van der Waals surface area (Å²) in [6.07, 6.45) is 2.60. The molecular formula is C21H32O6S. The number of hydrogen-bond acceptors (Lipinski definition) is 6. The maximum Gasteiger partial charge on any atom is 0.273 e. The van der Waals surface area contributed by atoms with Crippen LogP contribution in [0.25, 0.3) is 0 Å². The zero-order chi connectivity index (χ0) is 20.3. The van der Waals surface area contributed by atoms with Crippen LogP contribution in [-0.4, -0.2) is 44.4 Å². The van der Waals surface area contributed by atoms with Crippen LogP contribution in [0.15, 0.2) is 30.3 Å². The Kier molecular flexibility index (Phi) is 6.82. The second kappa shape index (κ2) is 8.79. The van der Waals surface area contributed by atoms with Gasteiger partial charge >= 0.3 is 0 Å². The van der Waals surface area contributed by atoms with Crippen LogP contribution in [0.2, 0.25) is 0 Å². The zero-order valence-electron chi connectivity index (χ0n) is 17.1. The standard InChI is InChI=1S/C21H32O6S/c1-4-5-13-25-28(22,23)21(11-12-21)14-18-19(27-20(2,3)26-18)16-24-15-17-9-7-6-8-10-17/h6-10,18-19H,4-5,11-16H2,1-3H3/t18-,19+/m1/s1. The molecule has 1 aromatic carbocycles. The van der Waals surface area contributed by atoms with Crippen LogP contribution in [0.5, 0.6) is 0 Å². The Morgan fingerprint density at radius 3 is 2.43 bits per heavy atom. The van der Waals surface area contributed by atoms with Crippen molar-refractivity contribution < 1.29 is 26.8 Å². The van der Waals surface area contributed by atoms with Crippen LogP contribution in [0.3, 0.4) is 0 Å². The molecule has 0 aromatic heterocycles. The average molecular weight is 413 g/mol. The van der Waals surface area contributed by atoms with Gasteiger partial charge in [0.15, 0.2) is 5.79 Å². The van der Waals surface area contributed by atoms with Crippen molar-refractivity contribution in [3.8, 4) is 0 Å². The molecule has 1 saturated carbocycles. The number of hydrogen-bond donors (Lipinski definition) is 0. The molecule has 6 nitrogen and oxygen atoms in total. The molecule has 1 aliphatic heterocycles. The Labute approximate surface area is 168 Å². The third kappa shape index (κ3) is 5.33. The highest BCUT2D eigenvalue weighted by atomic mass is 32.2. The summed E-state index contributed by atoms with van der Waals surface area (Å²) in [5.41, 5.74) is 1.09. The summed E-state index contributed by atoms with van der Waals surface area (Å²) in [7, 11) is -3.61. The van der Waals surface area contributed by atoms with E-state index in [2.05, 4.69) is 0 Å². The van der Waals surface area contributed by atoms with Crippen molar-refractivity contribution in [3.05, 3.63) is 35.9 Å². The second-order valence-corrected chi connectivity index (χ2v) is 10.2. The van der Waals surface area contributed by atoms with Crippen molar-refractivity contribution >= 4 is 10.1 Å². The van der Waals surface area contributed by atoms with Crippen LogP contribution < -0.4 is 0 Å². The fraction of sp³-hybridized carbons (Fsp3) is 0.714. The molecule has 2 atom stereocenters. The minimum atomic E-state index is -3.61. The lowest BCUT2D eigenvalue weighted by Gasteiger charge is -2.23. The van der Waals surface area contributed by atoms with Crippen molar-refractivity contribution in [2.45, 2.75) is 82.2 Å². The first kappa shape index (κ1) is 21.7. The molecule has 0 spiro atoms. The van der Waals surface area contributed by atoms with Gasteiger partial charge in [-0.05, 0) is 45.1 Å². The molecule has 2 aliphatic rings. The normalized spacial score (nSPS) is 25.7. The van der Waals surface area contributed by atoms with E-state index in [0.717, 1.165) is 18.4 Å². The summed E-state index contributed by atoms with van der Waals surface area (Å²) in [6, 6.07) is 9.92.